The standard InChI is InChI=1S/C17H18N2O2/c1-2-11-4-3-5-12(8-11)13-9-15(19-14-6-7-14)16(17(20)21)18-10-13/h3-5,8-10,14,19H,2,6-7H2,1H3,(H,20,21). The molecule has 3 rings (SSSR count). The highest BCUT2D eigenvalue weighted by Crippen LogP contribution is 2.29. The summed E-state index contributed by atoms with van der Waals surface area (Å²) in [6, 6.07) is 10.5. The Morgan fingerprint density at radius 1 is 1.33 bits per heavy atom. The summed E-state index contributed by atoms with van der Waals surface area (Å²) in [5.74, 6) is -0.994. The second-order valence-electron chi connectivity index (χ2n) is 5.40. The van der Waals surface area contributed by atoms with E-state index < -0.39 is 5.97 Å². The minimum atomic E-state index is -0.994. The lowest BCUT2D eigenvalue weighted by atomic mass is 10.0. The average Bonchev–Trinajstić information content (AvgIpc) is 3.31. The average molecular weight is 282 g/mol. The fourth-order valence-electron chi connectivity index (χ4n) is 2.32. The summed E-state index contributed by atoms with van der Waals surface area (Å²) in [6.07, 6.45) is 4.79. The third kappa shape index (κ3) is 3.05. The van der Waals surface area contributed by atoms with Gasteiger partial charge in [0.15, 0.2) is 5.69 Å². The molecule has 0 saturated heterocycles. The number of aryl methyl sites for hydroxylation is 1. The number of anilines is 1. The van der Waals surface area contributed by atoms with Gasteiger partial charge in [-0.2, -0.15) is 0 Å². The van der Waals surface area contributed by atoms with E-state index in [9.17, 15) is 9.90 Å². The zero-order valence-electron chi connectivity index (χ0n) is 12.0. The van der Waals surface area contributed by atoms with Gasteiger partial charge in [0.25, 0.3) is 0 Å². The highest BCUT2D eigenvalue weighted by atomic mass is 16.4. The van der Waals surface area contributed by atoms with Crippen LogP contribution in [0.4, 0.5) is 5.69 Å². The van der Waals surface area contributed by atoms with E-state index in [1.165, 1.54) is 5.56 Å². The number of carbonyl (C=O) groups is 1. The molecule has 0 unspecified atom stereocenters. The first kappa shape index (κ1) is 13.6. The normalized spacial score (nSPS) is 14.0. The molecule has 1 aromatic carbocycles. The van der Waals surface area contributed by atoms with Crippen LogP contribution in [0.15, 0.2) is 36.5 Å². The first-order valence-electron chi connectivity index (χ1n) is 7.26. The SMILES string of the molecule is CCc1cccc(-c2cnc(C(=O)O)c(NC3CC3)c2)c1. The van der Waals surface area contributed by atoms with Crippen LogP contribution in [0.3, 0.4) is 0 Å². The third-order valence-corrected chi connectivity index (χ3v) is 3.70. The van der Waals surface area contributed by atoms with E-state index in [1.54, 1.807) is 6.20 Å². The molecule has 0 atom stereocenters. The first-order chi connectivity index (χ1) is 10.2. The summed E-state index contributed by atoms with van der Waals surface area (Å²) in [5.41, 5.74) is 3.98. The van der Waals surface area contributed by atoms with Crippen molar-refractivity contribution < 1.29 is 9.90 Å². The number of benzene rings is 1. The molecule has 0 spiro atoms. The van der Waals surface area contributed by atoms with Crippen molar-refractivity contribution in [1.82, 2.24) is 4.98 Å². The van der Waals surface area contributed by atoms with Crippen molar-refractivity contribution in [2.24, 2.45) is 0 Å². The molecular weight excluding hydrogens is 264 g/mol. The molecule has 1 aromatic heterocycles. The van der Waals surface area contributed by atoms with E-state index in [4.69, 9.17) is 0 Å². The number of carboxylic acids is 1. The van der Waals surface area contributed by atoms with Crippen LogP contribution >= 0.6 is 0 Å². The van der Waals surface area contributed by atoms with Crippen LogP contribution in [0.2, 0.25) is 0 Å². The maximum absolute atomic E-state index is 11.3. The number of hydrogen-bond acceptors (Lipinski definition) is 3. The van der Waals surface area contributed by atoms with Gasteiger partial charge in [-0.05, 0) is 36.5 Å². The number of nitrogens with zero attached hydrogens (tertiary/aromatic N) is 1. The Hall–Kier alpha value is -2.36. The summed E-state index contributed by atoms with van der Waals surface area (Å²) in [4.78, 5) is 15.4. The van der Waals surface area contributed by atoms with Crippen LogP contribution in [-0.2, 0) is 6.42 Å². The summed E-state index contributed by atoms with van der Waals surface area (Å²) in [6.45, 7) is 2.12. The first-order valence-corrected chi connectivity index (χ1v) is 7.26. The second-order valence-corrected chi connectivity index (χ2v) is 5.40. The zero-order valence-corrected chi connectivity index (χ0v) is 12.0. The molecule has 0 radical (unpaired) electrons. The van der Waals surface area contributed by atoms with Crippen LogP contribution in [0.5, 0.6) is 0 Å². The van der Waals surface area contributed by atoms with Crippen molar-refractivity contribution in [3.8, 4) is 11.1 Å². The fourth-order valence-corrected chi connectivity index (χ4v) is 2.32. The summed E-state index contributed by atoms with van der Waals surface area (Å²) >= 11 is 0. The number of hydrogen-bond donors (Lipinski definition) is 2. The van der Waals surface area contributed by atoms with Gasteiger partial charge in [-0.3, -0.25) is 0 Å². The van der Waals surface area contributed by atoms with Crippen molar-refractivity contribution in [3.05, 3.63) is 47.8 Å². The van der Waals surface area contributed by atoms with E-state index in [1.807, 2.05) is 18.2 Å². The predicted octanol–water partition coefficient (Wildman–Crippen LogP) is 3.58. The van der Waals surface area contributed by atoms with Crippen molar-refractivity contribution in [3.63, 3.8) is 0 Å². The minimum Gasteiger partial charge on any atom is -0.476 e. The Kier molecular flexibility index (Phi) is 3.60. The molecule has 1 fully saturated rings. The number of carboxylic acid groups (broad SMARTS) is 1. The number of pyridine rings is 1. The molecule has 21 heavy (non-hydrogen) atoms. The number of aromatic nitrogens is 1. The predicted molar refractivity (Wildman–Crippen MR) is 82.7 cm³/mol. The minimum absolute atomic E-state index is 0.0947. The molecule has 0 amide bonds. The largest absolute Gasteiger partial charge is 0.476 e. The lowest BCUT2D eigenvalue weighted by molar-refractivity contribution is 0.0691. The van der Waals surface area contributed by atoms with E-state index in [0.29, 0.717) is 11.7 Å². The van der Waals surface area contributed by atoms with Crippen molar-refractivity contribution in [1.29, 1.82) is 0 Å². The molecule has 2 aromatic rings. The van der Waals surface area contributed by atoms with Gasteiger partial charge < -0.3 is 10.4 Å². The van der Waals surface area contributed by atoms with Gasteiger partial charge in [-0.15, -0.1) is 0 Å². The summed E-state index contributed by atoms with van der Waals surface area (Å²) in [7, 11) is 0. The third-order valence-electron chi connectivity index (χ3n) is 3.70. The molecule has 1 heterocycles. The molecule has 0 bridgehead atoms. The van der Waals surface area contributed by atoms with Crippen LogP contribution in [0, 0.1) is 0 Å². The molecule has 2 N–H and O–H groups in total. The Morgan fingerprint density at radius 2 is 2.14 bits per heavy atom. The van der Waals surface area contributed by atoms with Crippen molar-refractivity contribution in [2.45, 2.75) is 32.2 Å². The molecular formula is C17H18N2O2. The second kappa shape index (κ2) is 5.56. The van der Waals surface area contributed by atoms with Crippen LogP contribution in [0.1, 0.15) is 35.8 Å². The number of nitrogens with one attached hydrogen (secondary N) is 1. The van der Waals surface area contributed by atoms with Crippen LogP contribution in [-0.4, -0.2) is 22.1 Å². The lowest BCUT2D eigenvalue weighted by Crippen LogP contribution is -2.10. The van der Waals surface area contributed by atoms with E-state index in [-0.39, 0.29) is 5.69 Å². The van der Waals surface area contributed by atoms with E-state index >= 15 is 0 Å². The molecule has 1 aliphatic rings. The van der Waals surface area contributed by atoms with Gasteiger partial charge in [0.2, 0.25) is 0 Å². The van der Waals surface area contributed by atoms with Gasteiger partial charge in [0.05, 0.1) is 5.69 Å². The van der Waals surface area contributed by atoms with Crippen molar-refractivity contribution in [2.75, 3.05) is 5.32 Å². The Bertz CT molecular complexity index is 678. The quantitative estimate of drug-likeness (QED) is 0.879. The highest BCUT2D eigenvalue weighted by molar-refractivity contribution is 5.93. The molecule has 4 heteroatoms. The van der Waals surface area contributed by atoms with Crippen LogP contribution < -0.4 is 5.32 Å². The Morgan fingerprint density at radius 3 is 2.81 bits per heavy atom. The summed E-state index contributed by atoms with van der Waals surface area (Å²) in [5, 5.41) is 12.5. The monoisotopic (exact) mass is 282 g/mol. The maximum atomic E-state index is 11.3. The number of rotatable bonds is 5. The van der Waals surface area contributed by atoms with Gasteiger partial charge in [-0.1, -0.05) is 31.2 Å². The smallest absolute Gasteiger partial charge is 0.356 e. The van der Waals surface area contributed by atoms with Gasteiger partial charge in [0, 0.05) is 17.8 Å². The van der Waals surface area contributed by atoms with Crippen LogP contribution in [0.25, 0.3) is 11.1 Å². The van der Waals surface area contributed by atoms with Gasteiger partial charge in [0.1, 0.15) is 0 Å². The Balaban J connectivity index is 2.00. The van der Waals surface area contributed by atoms with Crippen molar-refractivity contribution >= 4 is 11.7 Å². The van der Waals surface area contributed by atoms with E-state index in [2.05, 4.69) is 29.4 Å². The highest BCUT2D eigenvalue weighted by Gasteiger charge is 2.24. The fraction of sp³-hybridized carbons (Fsp3) is 0.294. The molecule has 1 aliphatic carbocycles. The van der Waals surface area contributed by atoms with Gasteiger partial charge in [-0.25, -0.2) is 9.78 Å². The molecule has 108 valence electrons. The van der Waals surface area contributed by atoms with Gasteiger partial charge >= 0.3 is 5.97 Å². The zero-order chi connectivity index (χ0) is 14.8. The lowest BCUT2D eigenvalue weighted by Gasteiger charge is -2.11. The molecule has 0 aliphatic heterocycles. The topological polar surface area (TPSA) is 62.2 Å². The molecule has 4 nitrogen and oxygen atoms in total. The summed E-state index contributed by atoms with van der Waals surface area (Å²) < 4.78 is 0. The molecule has 1 saturated carbocycles. The van der Waals surface area contributed by atoms with E-state index in [0.717, 1.165) is 30.4 Å². The maximum Gasteiger partial charge on any atom is 0.356 e. The Labute approximate surface area is 123 Å². The number of aromatic carboxylic acids is 1.